The van der Waals surface area contributed by atoms with E-state index in [9.17, 15) is 13.6 Å². The minimum Gasteiger partial charge on any atom is -0.494 e. The number of hydrogen-bond donors (Lipinski definition) is 0. The molecule has 0 aliphatic heterocycles. The summed E-state index contributed by atoms with van der Waals surface area (Å²) >= 11 is 0. The number of halogens is 2. The fourth-order valence-electron chi connectivity index (χ4n) is 1.68. The van der Waals surface area contributed by atoms with Gasteiger partial charge in [-0.2, -0.15) is 8.78 Å². The van der Waals surface area contributed by atoms with Crippen LogP contribution in [0.15, 0.2) is 42.6 Å². The second kappa shape index (κ2) is 6.10. The summed E-state index contributed by atoms with van der Waals surface area (Å²) in [6, 6.07) is 8.77. The third-order valence-corrected chi connectivity index (χ3v) is 2.53. The van der Waals surface area contributed by atoms with Gasteiger partial charge in [0.25, 0.3) is 0 Å². The Labute approximate surface area is 114 Å². The molecule has 0 saturated carbocycles. The van der Waals surface area contributed by atoms with Gasteiger partial charge in [-0.3, -0.25) is 4.79 Å². The fraction of sp³-hybridized carbons (Fsp3) is 0.143. The molecule has 2 rings (SSSR count). The van der Waals surface area contributed by atoms with Gasteiger partial charge in [0.2, 0.25) is 5.78 Å². The lowest BCUT2D eigenvalue weighted by atomic mass is 10.1. The molecule has 0 aliphatic carbocycles. The van der Waals surface area contributed by atoms with E-state index in [1.54, 1.807) is 12.1 Å². The zero-order valence-electron chi connectivity index (χ0n) is 10.5. The summed E-state index contributed by atoms with van der Waals surface area (Å²) in [6.07, 6.45) is 1.45. The van der Waals surface area contributed by atoms with Crippen LogP contribution in [-0.4, -0.2) is 24.5 Å². The maximum atomic E-state index is 12.3. The van der Waals surface area contributed by atoms with Gasteiger partial charge in [0.05, 0.1) is 7.11 Å². The number of carbonyl (C=O) groups is 1. The maximum Gasteiger partial charge on any atom is 0.387 e. The Balaban J connectivity index is 2.33. The molecule has 6 heteroatoms. The van der Waals surface area contributed by atoms with Gasteiger partial charge in [0, 0.05) is 11.8 Å². The number of hydrogen-bond acceptors (Lipinski definition) is 4. The van der Waals surface area contributed by atoms with Crippen LogP contribution in [0.4, 0.5) is 8.78 Å². The van der Waals surface area contributed by atoms with Crippen LogP contribution in [0.5, 0.6) is 11.5 Å². The third kappa shape index (κ3) is 3.09. The first-order valence-corrected chi connectivity index (χ1v) is 5.70. The first kappa shape index (κ1) is 13.9. The lowest BCUT2D eigenvalue weighted by molar-refractivity contribution is -0.0498. The fourth-order valence-corrected chi connectivity index (χ4v) is 1.68. The Bertz CT molecular complexity index is 617. The van der Waals surface area contributed by atoms with Crippen LogP contribution in [-0.2, 0) is 0 Å². The van der Waals surface area contributed by atoms with E-state index in [4.69, 9.17) is 4.74 Å². The van der Waals surface area contributed by atoms with Crippen LogP contribution in [0.25, 0.3) is 0 Å². The van der Waals surface area contributed by atoms with Crippen molar-refractivity contribution in [3.63, 3.8) is 0 Å². The number of carbonyl (C=O) groups excluding carboxylic acids is 1. The number of alkyl halides is 2. The Morgan fingerprint density at radius 3 is 2.75 bits per heavy atom. The number of rotatable bonds is 5. The van der Waals surface area contributed by atoms with Crippen molar-refractivity contribution in [1.29, 1.82) is 0 Å². The van der Waals surface area contributed by atoms with E-state index in [0.717, 1.165) is 0 Å². The molecule has 4 nitrogen and oxygen atoms in total. The Morgan fingerprint density at radius 1 is 1.25 bits per heavy atom. The molecule has 0 radical (unpaired) electrons. The molecule has 0 amide bonds. The summed E-state index contributed by atoms with van der Waals surface area (Å²) in [5.74, 6) is -0.194. The monoisotopic (exact) mass is 279 g/mol. The third-order valence-electron chi connectivity index (χ3n) is 2.53. The number of ether oxygens (including phenoxy) is 2. The topological polar surface area (TPSA) is 48.4 Å². The zero-order chi connectivity index (χ0) is 14.5. The van der Waals surface area contributed by atoms with E-state index < -0.39 is 12.4 Å². The van der Waals surface area contributed by atoms with Gasteiger partial charge in [-0.05, 0) is 24.3 Å². The highest BCUT2D eigenvalue weighted by Gasteiger charge is 2.16. The van der Waals surface area contributed by atoms with E-state index in [2.05, 4.69) is 9.72 Å². The summed E-state index contributed by atoms with van der Waals surface area (Å²) in [6.45, 7) is -2.94. The first-order chi connectivity index (χ1) is 9.61. The van der Waals surface area contributed by atoms with E-state index in [1.165, 1.54) is 37.6 Å². The summed E-state index contributed by atoms with van der Waals surface area (Å²) in [5.41, 5.74) is 0.310. The molecule has 0 unspecified atom stereocenters. The lowest BCUT2D eigenvalue weighted by Gasteiger charge is -2.08. The number of nitrogens with zero attached hydrogens (tertiary/aromatic N) is 1. The Kier molecular flexibility index (Phi) is 4.24. The van der Waals surface area contributed by atoms with Gasteiger partial charge in [0.1, 0.15) is 11.5 Å². The molecule has 1 aromatic carbocycles. The summed E-state index contributed by atoms with van der Waals surface area (Å²) in [7, 11) is 1.42. The van der Waals surface area contributed by atoms with Crippen molar-refractivity contribution >= 4 is 5.78 Å². The van der Waals surface area contributed by atoms with E-state index in [1.807, 2.05) is 0 Å². The van der Waals surface area contributed by atoms with Crippen molar-refractivity contribution in [3.8, 4) is 11.5 Å². The molecular formula is C14H11F2NO3. The molecule has 104 valence electrons. The quantitative estimate of drug-likeness (QED) is 0.790. The highest BCUT2D eigenvalue weighted by atomic mass is 19.3. The normalized spacial score (nSPS) is 10.4. The smallest absolute Gasteiger partial charge is 0.387 e. The maximum absolute atomic E-state index is 12.3. The summed E-state index contributed by atoms with van der Waals surface area (Å²) < 4.78 is 33.6. The number of methoxy groups -OCH3 is 1. The lowest BCUT2D eigenvalue weighted by Crippen LogP contribution is -2.07. The van der Waals surface area contributed by atoms with Crippen molar-refractivity contribution in [2.45, 2.75) is 6.61 Å². The molecule has 0 aliphatic rings. The van der Waals surface area contributed by atoms with Gasteiger partial charge >= 0.3 is 6.61 Å². The molecule has 0 N–H and O–H groups in total. The zero-order valence-corrected chi connectivity index (χ0v) is 10.5. The van der Waals surface area contributed by atoms with E-state index in [-0.39, 0.29) is 17.0 Å². The van der Waals surface area contributed by atoms with Crippen LogP contribution in [0.2, 0.25) is 0 Å². The summed E-state index contributed by atoms with van der Waals surface area (Å²) in [5, 5.41) is 0. The van der Waals surface area contributed by atoms with Crippen molar-refractivity contribution in [1.82, 2.24) is 4.98 Å². The molecule has 20 heavy (non-hydrogen) atoms. The number of aromatic nitrogens is 1. The first-order valence-electron chi connectivity index (χ1n) is 5.70. The van der Waals surface area contributed by atoms with Crippen molar-refractivity contribution in [2.75, 3.05) is 7.11 Å². The highest BCUT2D eigenvalue weighted by Crippen LogP contribution is 2.22. The van der Waals surface area contributed by atoms with Crippen molar-refractivity contribution < 1.29 is 23.0 Å². The van der Waals surface area contributed by atoms with Crippen molar-refractivity contribution in [3.05, 3.63) is 53.9 Å². The van der Waals surface area contributed by atoms with Crippen LogP contribution in [0, 0.1) is 0 Å². The van der Waals surface area contributed by atoms with Crippen LogP contribution in [0.3, 0.4) is 0 Å². The van der Waals surface area contributed by atoms with E-state index >= 15 is 0 Å². The van der Waals surface area contributed by atoms with Crippen molar-refractivity contribution in [2.24, 2.45) is 0 Å². The molecule has 0 atom stereocenters. The Hall–Kier alpha value is -2.50. The van der Waals surface area contributed by atoms with Gasteiger partial charge in [-0.1, -0.05) is 12.1 Å². The predicted octanol–water partition coefficient (Wildman–Crippen LogP) is 2.92. The van der Waals surface area contributed by atoms with Crippen LogP contribution >= 0.6 is 0 Å². The highest BCUT2D eigenvalue weighted by molar-refractivity contribution is 6.09. The van der Waals surface area contributed by atoms with Gasteiger partial charge in [-0.25, -0.2) is 4.98 Å². The number of pyridine rings is 1. The molecule has 0 fully saturated rings. The number of benzene rings is 1. The molecular weight excluding hydrogens is 268 g/mol. The molecule has 1 heterocycles. The second-order valence-corrected chi connectivity index (χ2v) is 3.79. The van der Waals surface area contributed by atoms with Crippen LogP contribution < -0.4 is 9.47 Å². The molecule has 2 aromatic rings. The molecule has 0 saturated heterocycles. The van der Waals surface area contributed by atoms with Crippen LogP contribution in [0.1, 0.15) is 16.1 Å². The standard InChI is InChI=1S/C14H11F2NO3/c1-19-11-6-3-7-17-12(11)13(18)9-4-2-5-10(8-9)20-14(15)16/h2-8,14H,1H3. The predicted molar refractivity (Wildman–Crippen MR) is 67.3 cm³/mol. The van der Waals surface area contributed by atoms with Gasteiger partial charge in [0.15, 0.2) is 5.69 Å². The van der Waals surface area contributed by atoms with Gasteiger partial charge in [-0.15, -0.1) is 0 Å². The molecule has 1 aromatic heterocycles. The molecule has 0 spiro atoms. The van der Waals surface area contributed by atoms with E-state index in [0.29, 0.717) is 5.75 Å². The Morgan fingerprint density at radius 2 is 2.05 bits per heavy atom. The average molecular weight is 279 g/mol. The minimum absolute atomic E-state index is 0.0826. The molecule has 0 bridgehead atoms. The average Bonchev–Trinajstić information content (AvgIpc) is 2.46. The summed E-state index contributed by atoms with van der Waals surface area (Å²) in [4.78, 5) is 16.2. The van der Waals surface area contributed by atoms with Gasteiger partial charge < -0.3 is 9.47 Å². The SMILES string of the molecule is COc1cccnc1C(=O)c1cccc(OC(F)F)c1. The number of ketones is 1. The minimum atomic E-state index is -2.94. The largest absolute Gasteiger partial charge is 0.494 e. The second-order valence-electron chi connectivity index (χ2n) is 3.79.